The van der Waals surface area contributed by atoms with Gasteiger partial charge in [-0.15, -0.1) is 0 Å². The number of alkyl halides is 6. The fourth-order valence-corrected chi connectivity index (χ4v) is 7.88. The number of hydrogen-bond acceptors (Lipinski definition) is 0. The van der Waals surface area contributed by atoms with E-state index in [0.717, 1.165) is 65.5 Å². The molecule has 0 bridgehead atoms. The number of halogens is 8. The number of fused-ring (bicyclic) bond motifs is 2. The minimum atomic E-state index is -4.64. The summed E-state index contributed by atoms with van der Waals surface area (Å²) >= 11 is 1.17. The summed E-state index contributed by atoms with van der Waals surface area (Å²) in [4.78, 5) is 0. The second kappa shape index (κ2) is 13.9. The molecule has 2 aliphatic carbocycles. The van der Waals surface area contributed by atoms with Crippen LogP contribution in [0.4, 0.5) is 26.3 Å². The number of allylic oxidation sites excluding steroid dienone is 4. The number of benzene rings is 4. The minimum absolute atomic E-state index is 0. The molecule has 50 heavy (non-hydrogen) atoms. The zero-order chi connectivity index (χ0) is 35.0. The normalized spacial score (nSPS) is 14.1. The van der Waals surface area contributed by atoms with Gasteiger partial charge in [0.15, 0.2) is 0 Å². The third-order valence-electron chi connectivity index (χ3n) is 9.13. The Bertz CT molecular complexity index is 2210. The van der Waals surface area contributed by atoms with Gasteiger partial charge in [-0.3, -0.25) is 0 Å². The van der Waals surface area contributed by atoms with E-state index in [4.69, 9.17) is 0 Å². The van der Waals surface area contributed by atoms with Crippen molar-refractivity contribution in [2.45, 2.75) is 71.1 Å². The molecule has 0 heterocycles. The summed E-state index contributed by atoms with van der Waals surface area (Å²) in [7, 11) is 0. The molecular formula is C41H35Cl2F6Zr. The Morgan fingerprint density at radius 3 is 1.62 bits per heavy atom. The van der Waals surface area contributed by atoms with Gasteiger partial charge in [0.1, 0.15) is 0 Å². The summed E-state index contributed by atoms with van der Waals surface area (Å²) in [6.07, 6.45) is -2.66. The Labute approximate surface area is 316 Å². The van der Waals surface area contributed by atoms with Crippen LogP contribution in [-0.2, 0) is 47.9 Å². The van der Waals surface area contributed by atoms with Crippen LogP contribution >= 0.6 is 0 Å². The van der Waals surface area contributed by atoms with Crippen LogP contribution in [0, 0.1) is 10.4 Å². The molecule has 0 saturated carbocycles. The van der Waals surface area contributed by atoms with Gasteiger partial charge >= 0.3 is 293 Å². The second-order valence-corrected chi connectivity index (χ2v) is 15.8. The Morgan fingerprint density at radius 1 is 0.600 bits per heavy atom. The summed E-state index contributed by atoms with van der Waals surface area (Å²) in [5, 5.41) is 3.93. The van der Waals surface area contributed by atoms with Crippen LogP contribution in [0.15, 0.2) is 91.0 Å². The van der Waals surface area contributed by atoms with Gasteiger partial charge in [0.25, 0.3) is 0 Å². The maximum Gasteiger partial charge on any atom is -1.00 e. The Kier molecular flexibility index (Phi) is 11.1. The molecular weight excluding hydrogens is 769 g/mol. The maximum atomic E-state index is 14.2. The van der Waals surface area contributed by atoms with Gasteiger partial charge in [0.05, 0.1) is 0 Å². The molecule has 0 fully saturated rings. The van der Waals surface area contributed by atoms with Gasteiger partial charge in [-0.1, -0.05) is 0 Å². The zero-order valence-electron chi connectivity index (χ0n) is 28.4. The average Bonchev–Trinajstić information content (AvgIpc) is 3.62. The van der Waals surface area contributed by atoms with E-state index in [1.807, 2.05) is 39.0 Å². The SMILES string of the molecule is CC(C)(C)c1ccc2c(c1)=c1cc(C(C)(C)C)c(=C(c3cccc(C(F)(F)F)c3)c3cccc(C(F)(F)F)c3)c(C3=CC=CC3)c1[C]=2[Zr+2].[Cl-].[Cl-]. The van der Waals surface area contributed by atoms with Crippen LogP contribution in [0.2, 0.25) is 0 Å². The van der Waals surface area contributed by atoms with Crippen LogP contribution in [0.1, 0.15) is 92.5 Å². The van der Waals surface area contributed by atoms with Gasteiger partial charge in [-0.2, -0.15) is 0 Å². The number of hydrogen-bond donors (Lipinski definition) is 0. The summed E-state index contributed by atoms with van der Waals surface area (Å²) in [6, 6.07) is 18.6. The fraction of sp³-hybridized carbons (Fsp3) is 0.268. The molecule has 0 radical (unpaired) electrons. The van der Waals surface area contributed by atoms with Gasteiger partial charge in [-0.05, 0) is 0 Å². The van der Waals surface area contributed by atoms with Crippen LogP contribution in [0.5, 0.6) is 0 Å². The Hall–Kier alpha value is -2.86. The third kappa shape index (κ3) is 7.38. The first-order valence-corrected chi connectivity index (χ1v) is 17.0. The standard InChI is InChI=1S/C41H35F6.2ClH.Zr/c1-38(2,3)28-18-17-25-21-33-32(31(25)22-28)23-34(39(4,5)6)37(36(33)24-11-7-8-12-24)35(26-13-9-15-29(19-26)40(42,43)44)27-14-10-16-30(20-27)41(45,46)47;;;/h7-11,13-20,22-23H,12H2,1-6H3;2*1H;/q;;;+2/p-2. The maximum absolute atomic E-state index is 14.2. The van der Waals surface area contributed by atoms with Crippen LogP contribution in [-0.4, -0.2) is 0 Å². The first-order chi connectivity index (χ1) is 22.3. The zero-order valence-corrected chi connectivity index (χ0v) is 32.4. The predicted molar refractivity (Wildman–Crippen MR) is 176 cm³/mol. The monoisotopic (exact) mass is 801 g/mol. The van der Waals surface area contributed by atoms with E-state index in [1.54, 1.807) is 12.1 Å². The summed E-state index contributed by atoms with van der Waals surface area (Å²) in [6.45, 7) is 12.6. The van der Waals surface area contributed by atoms with Crippen molar-refractivity contribution in [1.29, 1.82) is 0 Å². The molecule has 0 spiro atoms. The second-order valence-electron chi connectivity index (χ2n) is 14.6. The summed E-state index contributed by atoms with van der Waals surface area (Å²) < 4.78 is 86.2. The Morgan fingerprint density at radius 2 is 1.16 bits per heavy atom. The third-order valence-corrected chi connectivity index (χ3v) is 10.4. The van der Waals surface area contributed by atoms with E-state index in [-0.39, 0.29) is 41.4 Å². The first-order valence-electron chi connectivity index (χ1n) is 15.8. The van der Waals surface area contributed by atoms with Crippen LogP contribution in [0.25, 0.3) is 14.4 Å². The van der Waals surface area contributed by atoms with Crippen molar-refractivity contribution < 1.29 is 75.9 Å². The van der Waals surface area contributed by atoms with Crippen molar-refractivity contribution in [3.63, 3.8) is 0 Å². The molecule has 0 aliphatic heterocycles. The quantitative estimate of drug-likeness (QED) is 0.273. The van der Waals surface area contributed by atoms with Crippen molar-refractivity contribution in [3.8, 4) is 0 Å². The molecule has 0 atom stereocenters. The molecule has 0 amide bonds. The molecule has 0 nitrogen and oxygen atoms in total. The van der Waals surface area contributed by atoms with Gasteiger partial charge in [0.2, 0.25) is 0 Å². The molecule has 6 rings (SSSR count). The van der Waals surface area contributed by atoms with Gasteiger partial charge in [0, 0.05) is 0 Å². The van der Waals surface area contributed by atoms with Crippen molar-refractivity contribution in [3.05, 3.63) is 156 Å². The largest absolute Gasteiger partial charge is 1.00 e. The first kappa shape index (κ1) is 39.9. The molecule has 0 unspecified atom stereocenters. The predicted octanol–water partition coefficient (Wildman–Crippen LogP) is 4.22. The van der Waals surface area contributed by atoms with E-state index in [1.165, 1.54) is 42.4 Å². The Balaban J connectivity index is 0.00000281. The summed E-state index contributed by atoms with van der Waals surface area (Å²) in [5.41, 5.74) is 3.29. The van der Waals surface area contributed by atoms with Crippen molar-refractivity contribution in [2.75, 3.05) is 0 Å². The fourth-order valence-electron chi connectivity index (χ4n) is 6.70. The van der Waals surface area contributed by atoms with Crippen molar-refractivity contribution >= 4 is 14.4 Å². The van der Waals surface area contributed by atoms with E-state index in [2.05, 4.69) is 45.0 Å². The molecule has 2 aliphatic rings. The van der Waals surface area contributed by atoms with E-state index in [9.17, 15) is 26.3 Å². The average molecular weight is 804 g/mol. The minimum Gasteiger partial charge on any atom is -1.00 e. The van der Waals surface area contributed by atoms with Gasteiger partial charge < -0.3 is 24.8 Å². The van der Waals surface area contributed by atoms with Crippen molar-refractivity contribution in [1.82, 2.24) is 0 Å². The molecule has 9 heteroatoms. The molecule has 4 aromatic rings. The molecule has 0 N–H and O–H groups in total. The number of rotatable bonds is 3. The van der Waals surface area contributed by atoms with Gasteiger partial charge in [-0.25, -0.2) is 0 Å². The summed E-state index contributed by atoms with van der Waals surface area (Å²) in [5.74, 6) is 0. The molecule has 0 aromatic heterocycles. The molecule has 259 valence electrons. The van der Waals surface area contributed by atoms with Crippen molar-refractivity contribution in [2.24, 2.45) is 0 Å². The topological polar surface area (TPSA) is 0 Å². The van der Waals surface area contributed by atoms with E-state index < -0.39 is 28.9 Å². The molecule has 4 aromatic carbocycles. The van der Waals surface area contributed by atoms with E-state index >= 15 is 0 Å². The molecule has 0 saturated heterocycles. The smallest absolute Gasteiger partial charge is 1.00 e. The van der Waals surface area contributed by atoms with Crippen LogP contribution < -0.4 is 35.3 Å². The van der Waals surface area contributed by atoms with Crippen LogP contribution in [0.3, 0.4) is 0 Å². The van der Waals surface area contributed by atoms with E-state index in [0.29, 0.717) is 17.2 Å².